The van der Waals surface area contributed by atoms with Crippen LogP contribution in [0.5, 0.6) is 23.0 Å². The number of ether oxygens (including phenoxy) is 4. The molecule has 1 fully saturated rings. The number of rotatable bonds is 9. The summed E-state index contributed by atoms with van der Waals surface area (Å²) in [5, 5.41) is 12.9. The van der Waals surface area contributed by atoms with Crippen LogP contribution in [0.1, 0.15) is 11.1 Å². The predicted molar refractivity (Wildman–Crippen MR) is 149 cm³/mol. The van der Waals surface area contributed by atoms with Crippen molar-refractivity contribution < 1.29 is 38.3 Å². The Morgan fingerprint density at radius 3 is 2.54 bits per heavy atom. The van der Waals surface area contributed by atoms with E-state index in [1.807, 2.05) is 0 Å². The molecule has 0 unspecified atom stereocenters. The standard InChI is InChI=1S/C28H23N3O9S/c1-37-23-12-18(4-8-21(23)40-16-17-2-6-20(7-3-17)31(35)36)13-25-27(33)30(28(34)41-25)15-26(32)29-19-5-9-22-24(14-19)39-11-10-38-22/h2-9,12-14H,10-11,15-16H2,1H3,(H,29,32)/b25-13+. The maximum absolute atomic E-state index is 12.9. The van der Waals surface area contributed by atoms with Gasteiger partial charge in [0, 0.05) is 23.9 Å². The Morgan fingerprint density at radius 1 is 1.05 bits per heavy atom. The maximum Gasteiger partial charge on any atom is 0.294 e. The number of nitro benzene ring substituents is 1. The SMILES string of the molecule is COc1cc(/C=C2/SC(=O)N(CC(=O)Nc3ccc4c(c3)OCCO4)C2=O)ccc1OCc1ccc([N+](=O)[O-])cc1. The summed E-state index contributed by atoms with van der Waals surface area (Å²) >= 11 is 0.734. The van der Waals surface area contributed by atoms with Gasteiger partial charge in [-0.15, -0.1) is 0 Å². The molecule has 0 aromatic heterocycles. The molecule has 13 heteroatoms. The van der Waals surface area contributed by atoms with Crippen LogP contribution in [0.15, 0.2) is 65.6 Å². The Labute approximate surface area is 238 Å². The van der Waals surface area contributed by atoms with E-state index in [1.165, 1.54) is 25.3 Å². The van der Waals surface area contributed by atoms with Gasteiger partial charge in [0.05, 0.1) is 16.9 Å². The number of amides is 3. The fourth-order valence-electron chi connectivity index (χ4n) is 4.02. The monoisotopic (exact) mass is 577 g/mol. The van der Waals surface area contributed by atoms with Gasteiger partial charge in [-0.2, -0.15) is 0 Å². The first-order valence-corrected chi connectivity index (χ1v) is 13.1. The van der Waals surface area contributed by atoms with Crippen molar-refractivity contribution in [1.29, 1.82) is 0 Å². The Bertz CT molecular complexity index is 1560. The topological polar surface area (TPSA) is 147 Å². The van der Waals surface area contributed by atoms with Crippen LogP contribution in [0.2, 0.25) is 0 Å². The molecule has 5 rings (SSSR count). The van der Waals surface area contributed by atoms with Gasteiger partial charge >= 0.3 is 0 Å². The zero-order chi connectivity index (χ0) is 28.9. The Balaban J connectivity index is 1.21. The Morgan fingerprint density at radius 2 is 1.80 bits per heavy atom. The minimum atomic E-state index is -0.588. The van der Waals surface area contributed by atoms with E-state index in [-0.39, 0.29) is 17.2 Å². The maximum atomic E-state index is 12.9. The zero-order valence-electron chi connectivity index (χ0n) is 21.7. The molecule has 210 valence electrons. The number of benzene rings is 3. The van der Waals surface area contributed by atoms with Crippen molar-refractivity contribution in [3.8, 4) is 23.0 Å². The summed E-state index contributed by atoms with van der Waals surface area (Å²) in [6.07, 6.45) is 1.53. The summed E-state index contributed by atoms with van der Waals surface area (Å²) in [5.74, 6) is 0.759. The van der Waals surface area contributed by atoms with Gasteiger partial charge in [0.15, 0.2) is 23.0 Å². The molecule has 3 aromatic carbocycles. The summed E-state index contributed by atoms with van der Waals surface area (Å²) in [5.41, 5.74) is 1.75. The minimum absolute atomic E-state index is 0.0132. The summed E-state index contributed by atoms with van der Waals surface area (Å²) < 4.78 is 22.2. The number of fused-ring (bicyclic) bond motifs is 1. The molecule has 0 spiro atoms. The fraction of sp³-hybridized carbons (Fsp3) is 0.179. The number of nitro groups is 1. The van der Waals surface area contributed by atoms with Gasteiger partial charge in [-0.25, -0.2) is 0 Å². The van der Waals surface area contributed by atoms with Crippen molar-refractivity contribution in [2.45, 2.75) is 6.61 Å². The average molecular weight is 578 g/mol. The van der Waals surface area contributed by atoms with Crippen molar-refractivity contribution in [3.05, 3.63) is 86.8 Å². The number of thioether (sulfide) groups is 1. The first-order valence-electron chi connectivity index (χ1n) is 12.3. The van der Waals surface area contributed by atoms with Gasteiger partial charge in [-0.05, 0) is 65.4 Å². The average Bonchev–Trinajstić information content (AvgIpc) is 3.23. The van der Waals surface area contributed by atoms with Gasteiger partial charge in [0.2, 0.25) is 5.91 Å². The molecule has 3 aromatic rings. The molecule has 2 heterocycles. The molecule has 2 aliphatic rings. The van der Waals surface area contributed by atoms with Crippen LogP contribution < -0.4 is 24.3 Å². The smallest absolute Gasteiger partial charge is 0.294 e. The molecule has 0 radical (unpaired) electrons. The Kier molecular flexibility index (Phi) is 8.06. The molecule has 0 bridgehead atoms. The van der Waals surface area contributed by atoms with Crippen LogP contribution in [0, 0.1) is 10.1 Å². The number of non-ortho nitro benzene ring substituents is 1. The lowest BCUT2D eigenvalue weighted by atomic mass is 10.1. The molecule has 1 N–H and O–H groups in total. The molecule has 41 heavy (non-hydrogen) atoms. The lowest BCUT2D eigenvalue weighted by Gasteiger charge is -2.19. The summed E-state index contributed by atoms with van der Waals surface area (Å²) in [6, 6.07) is 15.9. The number of carbonyl (C=O) groups excluding carboxylic acids is 3. The van der Waals surface area contributed by atoms with Crippen molar-refractivity contribution in [2.75, 3.05) is 32.2 Å². The van der Waals surface area contributed by atoms with E-state index in [0.29, 0.717) is 47.5 Å². The number of carbonyl (C=O) groups is 3. The second-order valence-corrected chi connectivity index (χ2v) is 9.79. The van der Waals surface area contributed by atoms with Crippen LogP contribution in [-0.4, -0.2) is 53.7 Å². The third-order valence-corrected chi connectivity index (χ3v) is 6.94. The second kappa shape index (κ2) is 12.0. The van der Waals surface area contributed by atoms with Crippen molar-refractivity contribution in [3.63, 3.8) is 0 Å². The molecule has 0 atom stereocenters. The number of nitrogens with one attached hydrogen (secondary N) is 1. The second-order valence-electron chi connectivity index (χ2n) is 8.80. The van der Waals surface area contributed by atoms with Gasteiger partial charge in [0.25, 0.3) is 16.8 Å². The number of anilines is 1. The van der Waals surface area contributed by atoms with E-state index in [0.717, 1.165) is 22.2 Å². The first kappa shape index (κ1) is 27.5. The highest BCUT2D eigenvalue weighted by Gasteiger charge is 2.36. The van der Waals surface area contributed by atoms with E-state index in [1.54, 1.807) is 48.5 Å². The fourth-order valence-corrected chi connectivity index (χ4v) is 4.86. The lowest BCUT2D eigenvalue weighted by Crippen LogP contribution is -2.36. The molecule has 3 amide bonds. The number of nitrogens with zero attached hydrogens (tertiary/aromatic N) is 2. The summed E-state index contributed by atoms with van der Waals surface area (Å²) in [6.45, 7) is 0.549. The molecule has 0 aliphatic carbocycles. The highest BCUT2D eigenvalue weighted by atomic mass is 32.2. The predicted octanol–water partition coefficient (Wildman–Crippen LogP) is 4.63. The van der Waals surface area contributed by atoms with Gasteiger partial charge in [-0.1, -0.05) is 6.07 Å². The minimum Gasteiger partial charge on any atom is -0.493 e. The molecule has 2 aliphatic heterocycles. The molecule has 12 nitrogen and oxygen atoms in total. The third kappa shape index (κ3) is 6.41. The Hall–Kier alpha value is -5.04. The van der Waals surface area contributed by atoms with Crippen LogP contribution in [-0.2, 0) is 16.2 Å². The largest absolute Gasteiger partial charge is 0.493 e. The zero-order valence-corrected chi connectivity index (χ0v) is 22.5. The van der Waals surface area contributed by atoms with Gasteiger partial charge < -0.3 is 24.3 Å². The van der Waals surface area contributed by atoms with Crippen molar-refractivity contribution in [2.24, 2.45) is 0 Å². The van der Waals surface area contributed by atoms with Crippen molar-refractivity contribution >= 4 is 46.3 Å². The molecule has 0 saturated carbocycles. The normalized spacial score (nSPS) is 15.1. The quantitative estimate of drug-likeness (QED) is 0.217. The number of imide groups is 1. The van der Waals surface area contributed by atoms with Crippen LogP contribution in [0.4, 0.5) is 16.2 Å². The number of hydrogen-bond donors (Lipinski definition) is 1. The number of methoxy groups -OCH3 is 1. The van der Waals surface area contributed by atoms with Gasteiger partial charge in [-0.3, -0.25) is 29.4 Å². The first-order chi connectivity index (χ1) is 19.8. The van der Waals surface area contributed by atoms with Crippen LogP contribution >= 0.6 is 11.8 Å². The molecule has 1 saturated heterocycles. The van der Waals surface area contributed by atoms with Crippen LogP contribution in [0.25, 0.3) is 6.08 Å². The van der Waals surface area contributed by atoms with E-state index in [2.05, 4.69) is 5.32 Å². The number of hydrogen-bond acceptors (Lipinski definition) is 10. The van der Waals surface area contributed by atoms with E-state index in [9.17, 15) is 24.5 Å². The van der Waals surface area contributed by atoms with Crippen molar-refractivity contribution in [1.82, 2.24) is 4.90 Å². The molecular weight excluding hydrogens is 554 g/mol. The summed E-state index contributed by atoms with van der Waals surface area (Å²) in [4.78, 5) is 49.5. The third-order valence-electron chi connectivity index (χ3n) is 6.03. The highest BCUT2D eigenvalue weighted by Crippen LogP contribution is 2.35. The lowest BCUT2D eigenvalue weighted by molar-refractivity contribution is -0.384. The summed E-state index contributed by atoms with van der Waals surface area (Å²) in [7, 11) is 1.46. The molecular formula is C28H23N3O9S. The van der Waals surface area contributed by atoms with E-state index >= 15 is 0 Å². The van der Waals surface area contributed by atoms with Crippen LogP contribution in [0.3, 0.4) is 0 Å². The van der Waals surface area contributed by atoms with E-state index in [4.69, 9.17) is 18.9 Å². The van der Waals surface area contributed by atoms with Gasteiger partial charge in [0.1, 0.15) is 26.4 Å². The van der Waals surface area contributed by atoms with E-state index < -0.39 is 28.5 Å². The highest BCUT2D eigenvalue weighted by molar-refractivity contribution is 8.18.